The maximum Gasteiger partial charge on any atom is 0.416 e. The summed E-state index contributed by atoms with van der Waals surface area (Å²) in [5, 5.41) is 11.0. The van der Waals surface area contributed by atoms with E-state index in [1.807, 2.05) is 4.72 Å². The maximum atomic E-state index is 12.7. The van der Waals surface area contributed by atoms with E-state index in [1.54, 1.807) is 6.92 Å². The average molecular weight is 360 g/mol. The van der Waals surface area contributed by atoms with Crippen molar-refractivity contribution < 1.29 is 26.5 Å². The van der Waals surface area contributed by atoms with Crippen LogP contribution < -0.4 is 4.72 Å². The van der Waals surface area contributed by atoms with Crippen molar-refractivity contribution >= 4 is 21.4 Å². The molecule has 24 heavy (non-hydrogen) atoms. The molecule has 0 aliphatic rings. The normalized spacial score (nSPS) is 12.0. The number of anilines is 1. The van der Waals surface area contributed by atoms with Crippen LogP contribution in [0.4, 0.5) is 24.5 Å². The minimum atomic E-state index is -4.71. The number of benzene rings is 2. The van der Waals surface area contributed by atoms with Gasteiger partial charge in [-0.1, -0.05) is 12.1 Å². The number of nitrogens with zero attached hydrogens (tertiary/aromatic N) is 1. The van der Waals surface area contributed by atoms with Gasteiger partial charge in [0.1, 0.15) is 5.69 Å². The van der Waals surface area contributed by atoms with Crippen molar-refractivity contribution in [2.75, 3.05) is 4.72 Å². The van der Waals surface area contributed by atoms with E-state index in [1.165, 1.54) is 12.1 Å². The second-order valence-electron chi connectivity index (χ2n) is 4.91. The molecule has 2 aromatic carbocycles. The Hall–Kier alpha value is -2.62. The second kappa shape index (κ2) is 6.11. The van der Waals surface area contributed by atoms with Crippen LogP contribution in [-0.2, 0) is 16.2 Å². The Morgan fingerprint density at radius 3 is 2.38 bits per heavy atom. The lowest BCUT2D eigenvalue weighted by Crippen LogP contribution is -2.15. The molecule has 0 aliphatic heterocycles. The number of rotatable bonds is 4. The summed E-state index contributed by atoms with van der Waals surface area (Å²) in [6, 6.07) is 6.88. The van der Waals surface area contributed by atoms with Crippen molar-refractivity contribution in [3.05, 3.63) is 63.7 Å². The molecule has 0 spiro atoms. The fraction of sp³-hybridized carbons (Fsp3) is 0.143. The zero-order valence-corrected chi connectivity index (χ0v) is 13.0. The Bertz CT molecular complexity index is 895. The Morgan fingerprint density at radius 2 is 1.79 bits per heavy atom. The Morgan fingerprint density at radius 1 is 1.12 bits per heavy atom. The minimum absolute atomic E-state index is 0.331. The van der Waals surface area contributed by atoms with Crippen molar-refractivity contribution in [1.29, 1.82) is 0 Å². The van der Waals surface area contributed by atoms with Crippen molar-refractivity contribution in [1.82, 2.24) is 0 Å². The first kappa shape index (κ1) is 17.7. The number of nitrogens with one attached hydrogen (secondary N) is 1. The Labute approximate surface area is 135 Å². The standard InChI is InChI=1S/C14H11F3N2O4S/c1-9-5-6-12(13(7-9)19(20)21)18-24(22,23)11-4-2-3-10(8-11)14(15,16)17/h2-8,18H,1H3. The predicted molar refractivity (Wildman–Crippen MR) is 80.1 cm³/mol. The van der Waals surface area contributed by atoms with Crippen molar-refractivity contribution in [3.8, 4) is 0 Å². The van der Waals surface area contributed by atoms with Gasteiger partial charge in [0.15, 0.2) is 0 Å². The SMILES string of the molecule is Cc1ccc(NS(=O)(=O)c2cccc(C(F)(F)F)c2)c([N+](=O)[O-])c1. The van der Waals surface area contributed by atoms with Crippen molar-refractivity contribution in [2.45, 2.75) is 18.0 Å². The highest BCUT2D eigenvalue weighted by Crippen LogP contribution is 2.32. The summed E-state index contributed by atoms with van der Waals surface area (Å²) in [5.74, 6) is 0. The van der Waals surface area contributed by atoms with Crippen LogP contribution >= 0.6 is 0 Å². The molecule has 0 saturated carbocycles. The van der Waals surface area contributed by atoms with E-state index in [0.29, 0.717) is 11.6 Å². The van der Waals surface area contributed by atoms with E-state index >= 15 is 0 Å². The topological polar surface area (TPSA) is 89.3 Å². The van der Waals surface area contributed by atoms with Crippen LogP contribution in [0.3, 0.4) is 0 Å². The van der Waals surface area contributed by atoms with E-state index in [0.717, 1.165) is 24.3 Å². The molecule has 6 nitrogen and oxygen atoms in total. The van der Waals surface area contributed by atoms with Gasteiger partial charge in [-0.05, 0) is 36.8 Å². The molecule has 0 amide bonds. The fourth-order valence-corrected chi connectivity index (χ4v) is 3.04. The van der Waals surface area contributed by atoms with Crippen molar-refractivity contribution in [2.24, 2.45) is 0 Å². The molecule has 2 aromatic rings. The third-order valence-electron chi connectivity index (χ3n) is 3.07. The molecule has 2 rings (SSSR count). The Kier molecular flexibility index (Phi) is 4.52. The van der Waals surface area contributed by atoms with Crippen LogP contribution in [0, 0.1) is 17.0 Å². The monoisotopic (exact) mass is 360 g/mol. The van der Waals surface area contributed by atoms with Gasteiger partial charge in [-0.2, -0.15) is 13.2 Å². The highest BCUT2D eigenvalue weighted by atomic mass is 32.2. The van der Waals surface area contributed by atoms with E-state index in [4.69, 9.17) is 0 Å². The highest BCUT2D eigenvalue weighted by Gasteiger charge is 2.32. The van der Waals surface area contributed by atoms with Gasteiger partial charge >= 0.3 is 6.18 Å². The third-order valence-corrected chi connectivity index (χ3v) is 4.43. The zero-order valence-electron chi connectivity index (χ0n) is 12.2. The molecule has 0 aliphatic carbocycles. The van der Waals surface area contributed by atoms with Gasteiger partial charge in [0.25, 0.3) is 15.7 Å². The summed E-state index contributed by atoms with van der Waals surface area (Å²) >= 11 is 0. The van der Waals surface area contributed by atoms with E-state index < -0.39 is 37.3 Å². The summed E-state index contributed by atoms with van der Waals surface area (Å²) in [5.41, 5.74) is -1.43. The largest absolute Gasteiger partial charge is 0.416 e. The number of hydrogen-bond acceptors (Lipinski definition) is 4. The first-order valence-corrected chi connectivity index (χ1v) is 7.94. The van der Waals surface area contributed by atoms with Crippen LogP contribution in [-0.4, -0.2) is 13.3 Å². The van der Waals surface area contributed by atoms with E-state index in [2.05, 4.69) is 0 Å². The first-order chi connectivity index (χ1) is 11.0. The van der Waals surface area contributed by atoms with Gasteiger partial charge in [0, 0.05) is 6.07 Å². The number of sulfonamides is 1. The fourth-order valence-electron chi connectivity index (χ4n) is 1.92. The lowest BCUT2D eigenvalue weighted by atomic mass is 10.2. The molecule has 0 unspecified atom stereocenters. The number of alkyl halides is 3. The summed E-state index contributed by atoms with van der Waals surface area (Å²) in [4.78, 5) is 9.58. The summed E-state index contributed by atoms with van der Waals surface area (Å²) in [6.45, 7) is 1.58. The molecule has 0 saturated heterocycles. The molecule has 0 atom stereocenters. The lowest BCUT2D eigenvalue weighted by Gasteiger charge is -2.11. The highest BCUT2D eigenvalue weighted by molar-refractivity contribution is 7.92. The van der Waals surface area contributed by atoms with Gasteiger partial charge < -0.3 is 0 Å². The minimum Gasteiger partial charge on any atom is -0.273 e. The Balaban J connectivity index is 2.45. The molecular formula is C14H11F3N2O4S. The average Bonchev–Trinajstić information content (AvgIpc) is 2.48. The first-order valence-electron chi connectivity index (χ1n) is 6.46. The number of hydrogen-bond donors (Lipinski definition) is 1. The van der Waals surface area contributed by atoms with Gasteiger partial charge in [0.05, 0.1) is 15.4 Å². The molecule has 128 valence electrons. The molecule has 0 aromatic heterocycles. The van der Waals surface area contributed by atoms with Gasteiger partial charge in [-0.3, -0.25) is 14.8 Å². The number of aryl methyl sites for hydroxylation is 1. The van der Waals surface area contributed by atoms with Gasteiger partial charge in [0.2, 0.25) is 0 Å². The number of nitro benzene ring substituents is 1. The lowest BCUT2D eigenvalue weighted by molar-refractivity contribution is -0.383. The van der Waals surface area contributed by atoms with E-state index in [-0.39, 0.29) is 5.69 Å². The van der Waals surface area contributed by atoms with Crippen molar-refractivity contribution in [3.63, 3.8) is 0 Å². The number of halogens is 3. The molecule has 0 bridgehead atoms. The van der Waals surface area contributed by atoms with Crippen LogP contribution in [0.2, 0.25) is 0 Å². The third kappa shape index (κ3) is 3.82. The molecule has 0 radical (unpaired) electrons. The maximum absolute atomic E-state index is 12.7. The summed E-state index contributed by atoms with van der Waals surface area (Å²) < 4.78 is 64.5. The predicted octanol–water partition coefficient (Wildman–Crippen LogP) is 3.72. The van der Waals surface area contributed by atoms with Crippen LogP contribution in [0.1, 0.15) is 11.1 Å². The quantitative estimate of drug-likeness (QED) is 0.665. The smallest absolute Gasteiger partial charge is 0.273 e. The van der Waals surface area contributed by atoms with Gasteiger partial charge in [-0.25, -0.2) is 8.42 Å². The number of nitro groups is 1. The molecule has 0 heterocycles. The molecule has 1 N–H and O–H groups in total. The second-order valence-corrected chi connectivity index (χ2v) is 6.59. The zero-order chi connectivity index (χ0) is 18.1. The molecule has 10 heteroatoms. The summed E-state index contributed by atoms with van der Waals surface area (Å²) in [6.07, 6.45) is -4.71. The van der Waals surface area contributed by atoms with Gasteiger partial charge in [-0.15, -0.1) is 0 Å². The van der Waals surface area contributed by atoms with Crippen LogP contribution in [0.5, 0.6) is 0 Å². The summed E-state index contributed by atoms with van der Waals surface area (Å²) in [7, 11) is -4.42. The van der Waals surface area contributed by atoms with E-state index in [9.17, 15) is 31.7 Å². The van der Waals surface area contributed by atoms with Crippen LogP contribution in [0.25, 0.3) is 0 Å². The molecular weight excluding hydrogens is 349 g/mol. The van der Waals surface area contributed by atoms with Crippen LogP contribution in [0.15, 0.2) is 47.4 Å². The molecule has 0 fully saturated rings.